The quantitative estimate of drug-likeness (QED) is 0.196. The van der Waals surface area contributed by atoms with Gasteiger partial charge in [0.05, 0.1) is 12.1 Å². The number of nitrogens with zero attached hydrogens (tertiary/aromatic N) is 4. The van der Waals surface area contributed by atoms with Crippen LogP contribution in [0.1, 0.15) is 5.56 Å². The number of furan rings is 1. The van der Waals surface area contributed by atoms with Crippen LogP contribution in [0.4, 0.5) is 5.69 Å². The number of rotatable bonds is 4. The normalized spacial score (nSPS) is 11.1. The molecule has 0 fully saturated rings. The predicted octanol–water partition coefficient (Wildman–Crippen LogP) is 10.6. The maximum absolute atomic E-state index is 9.23. The minimum absolute atomic E-state index is 0.526. The Bertz CT molecular complexity index is 2500. The molecule has 8 rings (SSSR count). The van der Waals surface area contributed by atoms with Gasteiger partial charge in [0.15, 0.2) is 0 Å². The molecule has 0 aliphatic rings. The predicted molar refractivity (Wildman–Crippen MR) is 180 cm³/mol. The van der Waals surface area contributed by atoms with Gasteiger partial charge in [-0.3, -0.25) is 9.97 Å². The largest absolute Gasteiger partial charge is 0.456 e. The molecule has 8 aromatic rings. The van der Waals surface area contributed by atoms with Crippen LogP contribution in [0.15, 0.2) is 138 Å². The van der Waals surface area contributed by atoms with E-state index in [2.05, 4.69) is 118 Å². The summed E-state index contributed by atoms with van der Waals surface area (Å²) in [6, 6.07) is 39.5. The molecule has 5 nitrogen and oxygen atoms in total. The van der Waals surface area contributed by atoms with Crippen LogP contribution < -0.4 is 0 Å². The second-order valence-corrected chi connectivity index (χ2v) is 10.9. The van der Waals surface area contributed by atoms with Crippen molar-refractivity contribution in [2.45, 2.75) is 0 Å². The Labute approximate surface area is 259 Å². The van der Waals surface area contributed by atoms with Gasteiger partial charge in [-0.25, -0.2) is 4.85 Å². The maximum atomic E-state index is 9.23. The van der Waals surface area contributed by atoms with Crippen LogP contribution in [0, 0.1) is 17.9 Å². The summed E-state index contributed by atoms with van der Waals surface area (Å²) in [5.41, 5.74) is 10.9. The van der Waals surface area contributed by atoms with E-state index in [0.717, 1.165) is 77.2 Å². The summed E-state index contributed by atoms with van der Waals surface area (Å²) in [5.74, 6) is 0. The minimum Gasteiger partial charge on any atom is -0.456 e. The zero-order chi connectivity index (χ0) is 30.3. The van der Waals surface area contributed by atoms with Crippen LogP contribution in [0.5, 0.6) is 0 Å². The van der Waals surface area contributed by atoms with Gasteiger partial charge in [-0.2, -0.15) is 5.26 Å². The molecule has 0 amide bonds. The number of pyridine rings is 2. The number of benzene rings is 5. The number of aromatic nitrogens is 2. The van der Waals surface area contributed by atoms with Gasteiger partial charge in [0.2, 0.25) is 5.69 Å². The van der Waals surface area contributed by atoms with E-state index in [0.29, 0.717) is 11.3 Å². The molecule has 5 aromatic carbocycles. The van der Waals surface area contributed by atoms with Crippen LogP contribution in [0.25, 0.3) is 82.1 Å². The second-order valence-electron chi connectivity index (χ2n) is 10.9. The van der Waals surface area contributed by atoms with Crippen LogP contribution in [-0.2, 0) is 0 Å². The van der Waals surface area contributed by atoms with Crippen molar-refractivity contribution in [2.24, 2.45) is 0 Å². The van der Waals surface area contributed by atoms with Crippen molar-refractivity contribution >= 4 is 38.4 Å². The molecule has 0 unspecified atom stereocenters. The third-order valence-corrected chi connectivity index (χ3v) is 8.28. The molecule has 0 bridgehead atoms. The van der Waals surface area contributed by atoms with Gasteiger partial charge < -0.3 is 4.42 Å². The van der Waals surface area contributed by atoms with E-state index in [1.54, 1.807) is 24.8 Å². The Kier molecular flexibility index (Phi) is 6.16. The van der Waals surface area contributed by atoms with Crippen LogP contribution >= 0.6 is 0 Å². The summed E-state index contributed by atoms with van der Waals surface area (Å²) in [6.07, 6.45) is 6.71. The van der Waals surface area contributed by atoms with E-state index in [1.807, 2.05) is 12.1 Å². The molecule has 0 saturated heterocycles. The number of nitriles is 1. The van der Waals surface area contributed by atoms with Gasteiger partial charge in [0.1, 0.15) is 17.2 Å². The van der Waals surface area contributed by atoms with Crippen molar-refractivity contribution in [1.29, 1.82) is 5.26 Å². The van der Waals surface area contributed by atoms with Gasteiger partial charge in [0, 0.05) is 41.1 Å². The molecule has 0 atom stereocenters. The molecule has 5 heteroatoms. The van der Waals surface area contributed by atoms with E-state index in [4.69, 9.17) is 11.0 Å². The zero-order valence-electron chi connectivity index (χ0n) is 23.9. The van der Waals surface area contributed by atoms with Crippen molar-refractivity contribution in [3.8, 4) is 50.6 Å². The highest BCUT2D eigenvalue weighted by molar-refractivity contribution is 6.22. The third kappa shape index (κ3) is 4.57. The standard InChI is InChI=1S/C40H22N4O/c1-42-33-17-32(23-44-24-33)28-10-12-29(13-11-28)37-19-39-40(35-5-3-2-4-34(35)37)36-15-14-30(18-38(36)45-39)26-6-8-27(9-7-26)31-16-25(20-41)21-43-22-31/h2-19,21-24H. The van der Waals surface area contributed by atoms with E-state index in [1.165, 1.54) is 0 Å². The molecule has 3 aromatic heterocycles. The van der Waals surface area contributed by atoms with Crippen molar-refractivity contribution < 1.29 is 4.42 Å². The van der Waals surface area contributed by atoms with E-state index in [-0.39, 0.29) is 0 Å². The maximum Gasteiger partial charge on any atom is 0.205 e. The lowest BCUT2D eigenvalue weighted by Gasteiger charge is -2.10. The summed E-state index contributed by atoms with van der Waals surface area (Å²) in [7, 11) is 0. The lowest BCUT2D eigenvalue weighted by molar-refractivity contribution is 0.669. The minimum atomic E-state index is 0.526. The van der Waals surface area contributed by atoms with Crippen molar-refractivity contribution in [2.75, 3.05) is 0 Å². The van der Waals surface area contributed by atoms with E-state index >= 15 is 0 Å². The fraction of sp³-hybridized carbons (Fsp3) is 0. The average Bonchev–Trinajstić information content (AvgIpc) is 3.49. The Hall–Kier alpha value is -6.56. The Balaban J connectivity index is 1.19. The Morgan fingerprint density at radius 1 is 0.556 bits per heavy atom. The van der Waals surface area contributed by atoms with Gasteiger partial charge in [-0.15, -0.1) is 0 Å². The molecule has 3 heterocycles. The Morgan fingerprint density at radius 2 is 1.18 bits per heavy atom. The molecule has 0 spiro atoms. The molecule has 208 valence electrons. The molecule has 0 aliphatic carbocycles. The fourth-order valence-corrected chi connectivity index (χ4v) is 6.06. The first-order valence-corrected chi connectivity index (χ1v) is 14.5. The molecular weight excluding hydrogens is 552 g/mol. The smallest absolute Gasteiger partial charge is 0.205 e. The van der Waals surface area contributed by atoms with E-state index in [9.17, 15) is 5.26 Å². The summed E-state index contributed by atoms with van der Waals surface area (Å²) in [4.78, 5) is 11.9. The molecule has 0 N–H and O–H groups in total. The van der Waals surface area contributed by atoms with Gasteiger partial charge in [0.25, 0.3) is 0 Å². The van der Waals surface area contributed by atoms with E-state index < -0.39 is 0 Å². The summed E-state index contributed by atoms with van der Waals surface area (Å²) in [6.45, 7) is 7.30. The molecule has 45 heavy (non-hydrogen) atoms. The molecule has 0 saturated carbocycles. The zero-order valence-corrected chi connectivity index (χ0v) is 23.9. The first-order chi connectivity index (χ1) is 22.2. The van der Waals surface area contributed by atoms with Crippen molar-refractivity contribution in [3.63, 3.8) is 0 Å². The molecular formula is C40H22N4O. The number of fused-ring (bicyclic) bond motifs is 5. The third-order valence-electron chi connectivity index (χ3n) is 8.28. The summed E-state index contributed by atoms with van der Waals surface area (Å²) < 4.78 is 6.55. The monoisotopic (exact) mass is 574 g/mol. The van der Waals surface area contributed by atoms with Gasteiger partial charge in [-0.1, -0.05) is 78.9 Å². The van der Waals surface area contributed by atoms with Gasteiger partial charge >= 0.3 is 0 Å². The highest BCUT2D eigenvalue weighted by atomic mass is 16.3. The lowest BCUT2D eigenvalue weighted by atomic mass is 9.93. The van der Waals surface area contributed by atoms with Gasteiger partial charge in [-0.05, 0) is 80.0 Å². The fourth-order valence-electron chi connectivity index (χ4n) is 6.06. The highest BCUT2D eigenvalue weighted by Crippen LogP contribution is 2.41. The first-order valence-electron chi connectivity index (χ1n) is 14.5. The van der Waals surface area contributed by atoms with Crippen molar-refractivity contribution in [3.05, 3.63) is 151 Å². The molecule has 0 radical (unpaired) electrons. The number of hydrogen-bond acceptors (Lipinski definition) is 4. The SMILES string of the molecule is [C-]#[N+]c1cncc(-c2ccc(-c3cc4oc5cc(-c6ccc(-c7cncc(C#N)c7)cc6)ccc5c4c4ccccc34)cc2)c1. The average molecular weight is 575 g/mol. The van der Waals surface area contributed by atoms with Crippen LogP contribution in [-0.4, -0.2) is 9.97 Å². The number of hydrogen-bond donors (Lipinski definition) is 0. The summed E-state index contributed by atoms with van der Waals surface area (Å²) in [5, 5.41) is 13.7. The van der Waals surface area contributed by atoms with Crippen LogP contribution in [0.2, 0.25) is 0 Å². The van der Waals surface area contributed by atoms with Crippen LogP contribution in [0.3, 0.4) is 0 Å². The highest BCUT2D eigenvalue weighted by Gasteiger charge is 2.16. The first kappa shape index (κ1) is 26.1. The summed E-state index contributed by atoms with van der Waals surface area (Å²) >= 11 is 0. The Morgan fingerprint density at radius 3 is 1.89 bits per heavy atom. The molecule has 0 aliphatic heterocycles. The lowest BCUT2D eigenvalue weighted by Crippen LogP contribution is -1.85. The topological polar surface area (TPSA) is 67.1 Å². The second kappa shape index (κ2) is 10.6. The van der Waals surface area contributed by atoms with Crippen molar-refractivity contribution in [1.82, 2.24) is 9.97 Å².